The van der Waals surface area contributed by atoms with E-state index in [1.165, 1.54) is 16.5 Å². The Bertz CT molecular complexity index is 1110. The molecule has 0 bridgehead atoms. The molecule has 5 rings (SSSR count). The molecule has 172 valence electrons. The summed E-state index contributed by atoms with van der Waals surface area (Å²) in [5.74, 6) is 0.369. The average molecular weight is 464 g/mol. The highest BCUT2D eigenvalue weighted by molar-refractivity contribution is 8.00. The molecule has 1 amide bonds. The fraction of sp³-hybridized carbons (Fsp3) is 0.346. The first-order valence-electron chi connectivity index (χ1n) is 11.5. The standard InChI is InChI=1S/C26H29N3O3S/c30-26(19-33-23-7-5-20-3-1-2-4-21(20)17-23)27-24-8-6-22(28-9-13-31-14-10-28)18-25(24)29-11-15-32-16-12-29/h1-8,17-18H,9-16,19H2,(H,27,30). The lowest BCUT2D eigenvalue weighted by molar-refractivity contribution is -0.113. The van der Waals surface area contributed by atoms with Crippen molar-refractivity contribution in [1.29, 1.82) is 0 Å². The summed E-state index contributed by atoms with van der Waals surface area (Å²) in [5, 5.41) is 5.56. The highest BCUT2D eigenvalue weighted by Crippen LogP contribution is 2.32. The molecule has 2 heterocycles. The van der Waals surface area contributed by atoms with Gasteiger partial charge in [0.15, 0.2) is 0 Å². The Hall–Kier alpha value is -2.74. The van der Waals surface area contributed by atoms with Gasteiger partial charge in [0.05, 0.1) is 43.6 Å². The number of anilines is 3. The minimum atomic E-state index is 0.00166. The summed E-state index contributed by atoms with van der Waals surface area (Å²) in [5.41, 5.74) is 3.09. The van der Waals surface area contributed by atoms with Crippen molar-refractivity contribution < 1.29 is 14.3 Å². The molecule has 0 radical (unpaired) electrons. The van der Waals surface area contributed by atoms with Crippen LogP contribution in [0.4, 0.5) is 17.1 Å². The van der Waals surface area contributed by atoms with Crippen LogP contribution in [0.2, 0.25) is 0 Å². The van der Waals surface area contributed by atoms with Crippen LogP contribution >= 0.6 is 11.8 Å². The Balaban J connectivity index is 1.29. The van der Waals surface area contributed by atoms with Crippen LogP contribution in [0.15, 0.2) is 65.6 Å². The maximum absolute atomic E-state index is 12.9. The second-order valence-electron chi connectivity index (χ2n) is 8.25. The number of hydrogen-bond donors (Lipinski definition) is 1. The number of benzene rings is 3. The summed E-state index contributed by atoms with van der Waals surface area (Å²) in [6.45, 7) is 6.31. The van der Waals surface area contributed by atoms with Gasteiger partial charge in [-0.15, -0.1) is 11.8 Å². The predicted octanol–water partition coefficient (Wildman–Crippen LogP) is 4.24. The van der Waals surface area contributed by atoms with Crippen molar-refractivity contribution in [3.8, 4) is 0 Å². The van der Waals surface area contributed by atoms with Crippen molar-refractivity contribution in [2.75, 3.05) is 73.5 Å². The number of thioether (sulfide) groups is 1. The lowest BCUT2D eigenvalue weighted by Gasteiger charge is -2.33. The molecule has 3 aromatic rings. The number of rotatable bonds is 6. The molecule has 2 saturated heterocycles. The van der Waals surface area contributed by atoms with Crippen LogP contribution in [0.1, 0.15) is 0 Å². The molecule has 7 heteroatoms. The Morgan fingerprint density at radius 2 is 1.52 bits per heavy atom. The third-order valence-electron chi connectivity index (χ3n) is 6.07. The Morgan fingerprint density at radius 3 is 2.27 bits per heavy atom. The quantitative estimate of drug-likeness (QED) is 0.552. The molecule has 2 aliphatic heterocycles. The van der Waals surface area contributed by atoms with Crippen LogP contribution in [0, 0.1) is 0 Å². The van der Waals surface area contributed by atoms with Crippen molar-refractivity contribution in [3.63, 3.8) is 0 Å². The summed E-state index contributed by atoms with van der Waals surface area (Å²) in [6, 6.07) is 20.9. The fourth-order valence-corrected chi connectivity index (χ4v) is 5.05. The zero-order valence-corrected chi connectivity index (χ0v) is 19.5. The highest BCUT2D eigenvalue weighted by Gasteiger charge is 2.19. The van der Waals surface area contributed by atoms with Gasteiger partial charge in [-0.25, -0.2) is 0 Å². The number of ether oxygens (including phenoxy) is 2. The maximum atomic E-state index is 12.9. The molecule has 2 aliphatic rings. The minimum Gasteiger partial charge on any atom is -0.378 e. The van der Waals surface area contributed by atoms with Gasteiger partial charge in [-0.05, 0) is 41.1 Å². The Kier molecular flexibility index (Phi) is 7.00. The molecule has 0 spiro atoms. The number of hydrogen-bond acceptors (Lipinski definition) is 6. The Morgan fingerprint density at radius 1 is 0.818 bits per heavy atom. The summed E-state index contributed by atoms with van der Waals surface area (Å²) in [4.78, 5) is 18.6. The third kappa shape index (κ3) is 5.43. The van der Waals surface area contributed by atoms with Crippen LogP contribution in [-0.4, -0.2) is 64.3 Å². The smallest absolute Gasteiger partial charge is 0.234 e. The van der Waals surface area contributed by atoms with Gasteiger partial charge in [-0.3, -0.25) is 4.79 Å². The molecule has 0 aliphatic carbocycles. The average Bonchev–Trinajstić information content (AvgIpc) is 2.88. The number of nitrogens with zero attached hydrogens (tertiary/aromatic N) is 2. The predicted molar refractivity (Wildman–Crippen MR) is 136 cm³/mol. The third-order valence-corrected chi connectivity index (χ3v) is 7.07. The summed E-state index contributed by atoms with van der Waals surface area (Å²) < 4.78 is 11.1. The summed E-state index contributed by atoms with van der Waals surface area (Å²) in [7, 11) is 0. The van der Waals surface area contributed by atoms with Crippen molar-refractivity contribution in [1.82, 2.24) is 0 Å². The zero-order chi connectivity index (χ0) is 22.5. The molecule has 33 heavy (non-hydrogen) atoms. The lowest BCUT2D eigenvalue weighted by atomic mass is 10.1. The van der Waals surface area contributed by atoms with Crippen molar-refractivity contribution in [2.45, 2.75) is 4.90 Å². The second-order valence-corrected chi connectivity index (χ2v) is 9.29. The van der Waals surface area contributed by atoms with E-state index in [1.54, 1.807) is 11.8 Å². The number of fused-ring (bicyclic) bond motifs is 1. The number of nitrogens with one attached hydrogen (secondary N) is 1. The van der Waals surface area contributed by atoms with Gasteiger partial charge in [0.2, 0.25) is 5.91 Å². The van der Waals surface area contributed by atoms with Crippen LogP contribution in [-0.2, 0) is 14.3 Å². The van der Waals surface area contributed by atoms with Gasteiger partial charge in [-0.2, -0.15) is 0 Å². The van der Waals surface area contributed by atoms with Gasteiger partial charge in [0.1, 0.15) is 0 Å². The van der Waals surface area contributed by atoms with Crippen LogP contribution in [0.25, 0.3) is 10.8 Å². The largest absolute Gasteiger partial charge is 0.378 e. The van der Waals surface area contributed by atoms with Crippen LogP contribution in [0.3, 0.4) is 0 Å². The van der Waals surface area contributed by atoms with Crippen molar-refractivity contribution >= 4 is 45.5 Å². The second kappa shape index (κ2) is 10.5. The van der Waals surface area contributed by atoms with E-state index in [0.717, 1.165) is 55.7 Å². The molecule has 2 fully saturated rings. The highest BCUT2D eigenvalue weighted by atomic mass is 32.2. The molecule has 3 aromatic carbocycles. The van der Waals surface area contributed by atoms with Gasteiger partial charge in [0, 0.05) is 36.8 Å². The van der Waals surface area contributed by atoms with Crippen LogP contribution < -0.4 is 15.1 Å². The van der Waals surface area contributed by atoms with E-state index in [9.17, 15) is 4.79 Å². The number of carbonyl (C=O) groups is 1. The van der Waals surface area contributed by atoms with E-state index in [4.69, 9.17) is 9.47 Å². The van der Waals surface area contributed by atoms with E-state index in [2.05, 4.69) is 57.6 Å². The lowest BCUT2D eigenvalue weighted by Crippen LogP contribution is -2.38. The van der Waals surface area contributed by atoms with Crippen molar-refractivity contribution in [3.05, 3.63) is 60.7 Å². The first kappa shape index (κ1) is 22.1. The first-order chi connectivity index (χ1) is 16.3. The summed E-state index contributed by atoms with van der Waals surface area (Å²) in [6.07, 6.45) is 0. The molecule has 0 saturated carbocycles. The normalized spacial score (nSPS) is 16.7. The van der Waals surface area contributed by atoms with Crippen LogP contribution in [0.5, 0.6) is 0 Å². The van der Waals surface area contributed by atoms with E-state index < -0.39 is 0 Å². The molecule has 1 N–H and O–H groups in total. The van der Waals surface area contributed by atoms with E-state index in [0.29, 0.717) is 19.0 Å². The molecule has 0 unspecified atom stereocenters. The van der Waals surface area contributed by atoms with E-state index >= 15 is 0 Å². The maximum Gasteiger partial charge on any atom is 0.234 e. The first-order valence-corrected chi connectivity index (χ1v) is 12.5. The summed E-state index contributed by atoms with van der Waals surface area (Å²) >= 11 is 1.56. The van der Waals surface area contributed by atoms with Gasteiger partial charge in [-0.1, -0.05) is 30.3 Å². The number of morpholine rings is 2. The molecule has 0 aromatic heterocycles. The van der Waals surface area contributed by atoms with Gasteiger partial charge in [0.25, 0.3) is 0 Å². The topological polar surface area (TPSA) is 54.0 Å². The van der Waals surface area contributed by atoms with Gasteiger partial charge >= 0.3 is 0 Å². The monoisotopic (exact) mass is 463 g/mol. The van der Waals surface area contributed by atoms with E-state index in [1.807, 2.05) is 18.2 Å². The van der Waals surface area contributed by atoms with Crippen molar-refractivity contribution in [2.24, 2.45) is 0 Å². The minimum absolute atomic E-state index is 0.00166. The molecule has 6 nitrogen and oxygen atoms in total. The number of carbonyl (C=O) groups excluding carboxylic acids is 1. The molecular weight excluding hydrogens is 434 g/mol. The number of amides is 1. The van der Waals surface area contributed by atoms with E-state index in [-0.39, 0.29) is 5.91 Å². The zero-order valence-electron chi connectivity index (χ0n) is 18.7. The fourth-order valence-electron chi connectivity index (χ4n) is 4.30. The molecule has 0 atom stereocenters. The Labute approximate surface area is 198 Å². The SMILES string of the molecule is O=C(CSc1ccc2ccccc2c1)Nc1ccc(N2CCOCC2)cc1N1CCOCC1. The van der Waals surface area contributed by atoms with Gasteiger partial charge < -0.3 is 24.6 Å². The molecular formula is C26H29N3O3S.